The number of hydrogen-bond donors (Lipinski definition) is 1. The molecule has 2 atom stereocenters. The van der Waals surface area contributed by atoms with Gasteiger partial charge in [0.25, 0.3) is 0 Å². The number of benzene rings is 1. The van der Waals surface area contributed by atoms with E-state index in [1.807, 2.05) is 0 Å². The van der Waals surface area contributed by atoms with Gasteiger partial charge < -0.3 is 5.73 Å². The summed E-state index contributed by atoms with van der Waals surface area (Å²) in [5.74, 6) is 0. The van der Waals surface area contributed by atoms with Gasteiger partial charge in [0.2, 0.25) is 0 Å². The summed E-state index contributed by atoms with van der Waals surface area (Å²) in [6.45, 7) is 8.88. The average molecular weight is 264 g/mol. The summed E-state index contributed by atoms with van der Waals surface area (Å²) in [6, 6.07) is 8.72. The van der Waals surface area contributed by atoms with Gasteiger partial charge in [0.05, 0.1) is 0 Å². The molecular formula is C15H24N2S. The Kier molecular flexibility index (Phi) is 5.10. The van der Waals surface area contributed by atoms with Gasteiger partial charge in [-0.25, -0.2) is 0 Å². The molecule has 18 heavy (non-hydrogen) atoms. The Morgan fingerprint density at radius 1 is 1.17 bits per heavy atom. The Morgan fingerprint density at radius 3 is 2.39 bits per heavy atom. The smallest absolute Gasteiger partial charge is 0.0237 e. The Bertz CT molecular complexity index is 371. The first-order chi connectivity index (χ1) is 8.69. The van der Waals surface area contributed by atoms with E-state index in [9.17, 15) is 0 Å². The molecular weight excluding hydrogens is 240 g/mol. The minimum absolute atomic E-state index is 0.736. The SMILES string of the molecule is CC1CN(Cc2ccccc2CCN)CC(C)S1. The second kappa shape index (κ2) is 6.60. The monoisotopic (exact) mass is 264 g/mol. The van der Waals surface area contributed by atoms with Crippen molar-refractivity contribution in [2.24, 2.45) is 5.73 Å². The summed E-state index contributed by atoms with van der Waals surface area (Å²) in [5, 5.41) is 1.49. The lowest BCUT2D eigenvalue weighted by molar-refractivity contribution is 0.262. The molecule has 0 amide bonds. The van der Waals surface area contributed by atoms with E-state index in [0.717, 1.165) is 30.0 Å². The predicted molar refractivity (Wildman–Crippen MR) is 81.0 cm³/mol. The molecule has 1 fully saturated rings. The summed E-state index contributed by atoms with van der Waals surface area (Å²) in [7, 11) is 0. The van der Waals surface area contributed by atoms with Crippen LogP contribution in [0.5, 0.6) is 0 Å². The van der Waals surface area contributed by atoms with E-state index in [2.05, 4.69) is 54.8 Å². The van der Waals surface area contributed by atoms with Crippen molar-refractivity contribution in [1.29, 1.82) is 0 Å². The normalized spacial score (nSPS) is 25.3. The maximum absolute atomic E-state index is 5.69. The standard InChI is InChI=1S/C15H24N2S/c1-12-9-17(10-13(2)18-12)11-15-6-4-3-5-14(15)7-8-16/h3-6,12-13H,7-11,16H2,1-2H3. The van der Waals surface area contributed by atoms with Crippen LogP contribution in [0.1, 0.15) is 25.0 Å². The number of hydrogen-bond acceptors (Lipinski definition) is 3. The molecule has 0 aliphatic carbocycles. The highest BCUT2D eigenvalue weighted by Gasteiger charge is 2.22. The lowest BCUT2D eigenvalue weighted by Gasteiger charge is -2.35. The van der Waals surface area contributed by atoms with Crippen LogP contribution in [0.25, 0.3) is 0 Å². The van der Waals surface area contributed by atoms with Crippen molar-refractivity contribution in [2.75, 3.05) is 19.6 Å². The fraction of sp³-hybridized carbons (Fsp3) is 0.600. The van der Waals surface area contributed by atoms with Crippen LogP contribution >= 0.6 is 11.8 Å². The van der Waals surface area contributed by atoms with E-state index in [0.29, 0.717) is 0 Å². The van der Waals surface area contributed by atoms with Crippen molar-refractivity contribution >= 4 is 11.8 Å². The quantitative estimate of drug-likeness (QED) is 0.906. The van der Waals surface area contributed by atoms with Gasteiger partial charge in [-0.1, -0.05) is 38.1 Å². The van der Waals surface area contributed by atoms with Crippen molar-refractivity contribution in [1.82, 2.24) is 4.90 Å². The molecule has 1 aromatic rings. The van der Waals surface area contributed by atoms with Gasteiger partial charge in [0, 0.05) is 30.1 Å². The predicted octanol–water partition coefficient (Wildman–Crippen LogP) is 2.51. The molecule has 1 heterocycles. The minimum atomic E-state index is 0.736. The zero-order valence-electron chi connectivity index (χ0n) is 11.4. The van der Waals surface area contributed by atoms with Crippen molar-refractivity contribution in [3.63, 3.8) is 0 Å². The van der Waals surface area contributed by atoms with E-state index in [1.54, 1.807) is 0 Å². The average Bonchev–Trinajstić information content (AvgIpc) is 2.30. The highest BCUT2D eigenvalue weighted by molar-refractivity contribution is 8.00. The van der Waals surface area contributed by atoms with Crippen LogP contribution in [0.3, 0.4) is 0 Å². The van der Waals surface area contributed by atoms with Gasteiger partial charge in [-0.3, -0.25) is 4.90 Å². The van der Waals surface area contributed by atoms with E-state index >= 15 is 0 Å². The lowest BCUT2D eigenvalue weighted by Crippen LogP contribution is -2.39. The summed E-state index contributed by atoms with van der Waals surface area (Å²) in [4.78, 5) is 2.58. The molecule has 3 heteroatoms. The minimum Gasteiger partial charge on any atom is -0.330 e. The Hall–Kier alpha value is -0.510. The van der Waals surface area contributed by atoms with Crippen LogP contribution in [0.2, 0.25) is 0 Å². The zero-order valence-corrected chi connectivity index (χ0v) is 12.2. The fourth-order valence-electron chi connectivity index (χ4n) is 2.77. The van der Waals surface area contributed by atoms with Crippen molar-refractivity contribution in [2.45, 2.75) is 37.3 Å². The number of nitrogens with two attached hydrogens (primary N) is 1. The second-order valence-corrected chi connectivity index (χ2v) is 7.14. The third kappa shape index (κ3) is 3.74. The van der Waals surface area contributed by atoms with Crippen LogP contribution in [-0.2, 0) is 13.0 Å². The summed E-state index contributed by atoms with van der Waals surface area (Å²) >= 11 is 2.11. The molecule has 2 rings (SSSR count). The molecule has 0 aromatic heterocycles. The van der Waals surface area contributed by atoms with Gasteiger partial charge in [-0.2, -0.15) is 11.8 Å². The fourth-order valence-corrected chi connectivity index (χ4v) is 4.15. The van der Waals surface area contributed by atoms with Gasteiger partial charge >= 0.3 is 0 Å². The molecule has 0 spiro atoms. The molecule has 1 aliphatic heterocycles. The van der Waals surface area contributed by atoms with Crippen LogP contribution in [0.15, 0.2) is 24.3 Å². The number of rotatable bonds is 4. The highest BCUT2D eigenvalue weighted by atomic mass is 32.2. The number of nitrogens with zero attached hydrogens (tertiary/aromatic N) is 1. The summed E-state index contributed by atoms with van der Waals surface area (Å²) < 4.78 is 0. The molecule has 2 unspecified atom stereocenters. The molecule has 1 saturated heterocycles. The number of thioether (sulfide) groups is 1. The van der Waals surface area contributed by atoms with E-state index < -0.39 is 0 Å². The summed E-state index contributed by atoms with van der Waals surface area (Å²) in [6.07, 6.45) is 0.990. The Balaban J connectivity index is 2.04. The molecule has 100 valence electrons. The third-order valence-corrected chi connectivity index (χ3v) is 4.65. The van der Waals surface area contributed by atoms with Gasteiger partial charge in [-0.05, 0) is 24.1 Å². The van der Waals surface area contributed by atoms with Crippen molar-refractivity contribution in [3.05, 3.63) is 35.4 Å². The molecule has 1 aliphatic rings. The largest absolute Gasteiger partial charge is 0.330 e. The van der Waals surface area contributed by atoms with E-state index in [4.69, 9.17) is 5.73 Å². The maximum Gasteiger partial charge on any atom is 0.0237 e. The van der Waals surface area contributed by atoms with Crippen LogP contribution in [0.4, 0.5) is 0 Å². The highest BCUT2D eigenvalue weighted by Crippen LogP contribution is 2.26. The third-order valence-electron chi connectivity index (χ3n) is 3.42. The first kappa shape index (κ1) is 13.9. The van der Waals surface area contributed by atoms with Crippen LogP contribution in [-0.4, -0.2) is 35.0 Å². The zero-order chi connectivity index (χ0) is 13.0. The summed E-state index contributed by atoms with van der Waals surface area (Å²) in [5.41, 5.74) is 8.56. The molecule has 2 N–H and O–H groups in total. The topological polar surface area (TPSA) is 29.3 Å². The van der Waals surface area contributed by atoms with E-state index in [-0.39, 0.29) is 0 Å². The molecule has 2 nitrogen and oxygen atoms in total. The Morgan fingerprint density at radius 2 is 1.78 bits per heavy atom. The molecule has 0 saturated carbocycles. The first-order valence-corrected chi connectivity index (χ1v) is 7.78. The molecule has 0 radical (unpaired) electrons. The van der Waals surface area contributed by atoms with E-state index in [1.165, 1.54) is 24.2 Å². The lowest BCUT2D eigenvalue weighted by atomic mass is 10.0. The molecule has 0 bridgehead atoms. The Labute approximate surface area is 115 Å². The van der Waals surface area contributed by atoms with Crippen molar-refractivity contribution in [3.8, 4) is 0 Å². The molecule has 1 aromatic carbocycles. The van der Waals surface area contributed by atoms with Crippen molar-refractivity contribution < 1.29 is 0 Å². The van der Waals surface area contributed by atoms with Gasteiger partial charge in [0.15, 0.2) is 0 Å². The second-order valence-electron chi connectivity index (χ2n) is 5.26. The van der Waals surface area contributed by atoms with Gasteiger partial charge in [0.1, 0.15) is 0 Å². The van der Waals surface area contributed by atoms with Crippen LogP contribution < -0.4 is 5.73 Å². The maximum atomic E-state index is 5.69. The van der Waals surface area contributed by atoms with Crippen LogP contribution in [0, 0.1) is 0 Å². The first-order valence-electron chi connectivity index (χ1n) is 6.83. The van der Waals surface area contributed by atoms with Gasteiger partial charge in [-0.15, -0.1) is 0 Å².